The van der Waals surface area contributed by atoms with Gasteiger partial charge in [0.1, 0.15) is 0 Å². The lowest BCUT2D eigenvalue weighted by Gasteiger charge is -2.30. The van der Waals surface area contributed by atoms with E-state index < -0.39 is 0 Å². The molecule has 2 aliphatic carbocycles. The summed E-state index contributed by atoms with van der Waals surface area (Å²) in [4.78, 5) is 0. The molecule has 0 aromatic heterocycles. The van der Waals surface area contributed by atoms with Crippen LogP contribution in [0.15, 0.2) is 25.7 Å². The zero-order valence-electron chi connectivity index (χ0n) is 14.0. The molecule has 0 amide bonds. The first-order valence-corrected chi connectivity index (χ1v) is 9.25. The smallest absolute Gasteiger partial charge is 0.0829 e. The molecule has 0 spiro atoms. The van der Waals surface area contributed by atoms with Crippen LogP contribution < -0.4 is 0 Å². The third-order valence-corrected chi connectivity index (χ3v) is 5.16. The molecule has 0 aliphatic heterocycles. The third kappa shape index (κ3) is 9.01. The second-order valence-corrected chi connectivity index (χ2v) is 6.68. The molecule has 2 fully saturated rings. The molecule has 0 N–H and O–H groups in total. The van der Waals surface area contributed by atoms with Crippen LogP contribution in [-0.4, -0.2) is 0 Å². The summed E-state index contributed by atoms with van der Waals surface area (Å²) in [7, 11) is 0. The van der Waals surface area contributed by atoms with Crippen molar-refractivity contribution in [3.8, 4) is 0 Å². The molecule has 1 nitrogen and oxygen atoms in total. The van der Waals surface area contributed by atoms with E-state index in [0.717, 1.165) is 11.8 Å². The lowest BCUT2D eigenvalue weighted by atomic mass is 9.76. The van der Waals surface area contributed by atoms with Crippen LogP contribution in [0.2, 0.25) is 0 Å². The zero-order valence-corrected chi connectivity index (χ0v) is 14.0. The van der Waals surface area contributed by atoms with Gasteiger partial charge < -0.3 is 4.74 Å². The molecule has 0 unspecified atom stereocenters. The zero-order chi connectivity index (χ0) is 15.2. The molecule has 21 heavy (non-hydrogen) atoms. The van der Waals surface area contributed by atoms with E-state index in [1.165, 1.54) is 76.7 Å². The Kier molecular flexibility index (Phi) is 11.3. The molecule has 0 atom stereocenters. The molecule has 0 radical (unpaired) electrons. The minimum Gasteiger partial charge on any atom is -0.474 e. The van der Waals surface area contributed by atoms with Crippen LogP contribution in [-0.2, 0) is 4.74 Å². The van der Waals surface area contributed by atoms with Crippen molar-refractivity contribution in [2.75, 3.05) is 0 Å². The van der Waals surface area contributed by atoms with Gasteiger partial charge >= 0.3 is 0 Å². The first-order chi connectivity index (χ1) is 10.4. The highest BCUT2D eigenvalue weighted by Gasteiger charge is 2.22. The predicted octanol–water partition coefficient (Wildman–Crippen LogP) is 7.00. The summed E-state index contributed by atoms with van der Waals surface area (Å²) in [6, 6.07) is 0. The SMILES string of the molecule is C1CCCC(C2CCCCCCC2)CCC1.C=COC=C. The molecular weight excluding hydrogens is 256 g/mol. The average Bonchev–Trinajstić information content (AvgIpc) is 2.41. The lowest BCUT2D eigenvalue weighted by Crippen LogP contribution is -2.17. The molecular formula is C20H36O. The van der Waals surface area contributed by atoms with E-state index in [1.807, 2.05) is 0 Å². The fraction of sp³-hybridized carbons (Fsp3) is 0.800. The van der Waals surface area contributed by atoms with Gasteiger partial charge in [-0.1, -0.05) is 103 Å². The van der Waals surface area contributed by atoms with Crippen molar-refractivity contribution in [1.29, 1.82) is 0 Å². The fourth-order valence-corrected chi connectivity index (χ4v) is 3.99. The van der Waals surface area contributed by atoms with E-state index >= 15 is 0 Å². The largest absolute Gasteiger partial charge is 0.474 e. The third-order valence-electron chi connectivity index (χ3n) is 5.16. The van der Waals surface area contributed by atoms with Crippen LogP contribution >= 0.6 is 0 Å². The van der Waals surface area contributed by atoms with Crippen molar-refractivity contribution >= 4 is 0 Å². The standard InChI is InChI=1S/C16H30.C4H6O/c1-3-7-11-15(12-8-4-1)16-13-9-5-2-6-10-14-16;1-3-5-4-2/h15-16H,1-14H2;3-4H,1-2H2. The van der Waals surface area contributed by atoms with Gasteiger partial charge in [-0.2, -0.15) is 0 Å². The van der Waals surface area contributed by atoms with Crippen molar-refractivity contribution in [1.82, 2.24) is 0 Å². The molecule has 2 aliphatic rings. The Labute approximate surface area is 132 Å². The Hall–Kier alpha value is -0.720. The van der Waals surface area contributed by atoms with Crippen molar-refractivity contribution in [3.63, 3.8) is 0 Å². The summed E-state index contributed by atoms with van der Waals surface area (Å²) in [5.41, 5.74) is 0. The molecule has 0 aromatic rings. The van der Waals surface area contributed by atoms with Crippen LogP contribution in [0.25, 0.3) is 0 Å². The van der Waals surface area contributed by atoms with Gasteiger partial charge in [0, 0.05) is 0 Å². The highest BCUT2D eigenvalue weighted by atomic mass is 16.5. The number of rotatable bonds is 3. The second-order valence-electron chi connectivity index (χ2n) is 6.68. The number of hydrogen-bond donors (Lipinski definition) is 0. The van der Waals surface area contributed by atoms with E-state index in [2.05, 4.69) is 17.9 Å². The quantitative estimate of drug-likeness (QED) is 0.509. The average molecular weight is 293 g/mol. The molecule has 2 rings (SSSR count). The van der Waals surface area contributed by atoms with Crippen LogP contribution in [0.5, 0.6) is 0 Å². The van der Waals surface area contributed by atoms with Gasteiger partial charge in [0.05, 0.1) is 12.5 Å². The fourth-order valence-electron chi connectivity index (χ4n) is 3.99. The molecule has 0 heterocycles. The maximum Gasteiger partial charge on any atom is 0.0829 e. The first kappa shape index (κ1) is 18.3. The van der Waals surface area contributed by atoms with Crippen molar-refractivity contribution in [2.45, 2.75) is 89.9 Å². The van der Waals surface area contributed by atoms with Crippen molar-refractivity contribution < 1.29 is 4.74 Å². The van der Waals surface area contributed by atoms with Gasteiger partial charge in [0.15, 0.2) is 0 Å². The Morgan fingerprint density at radius 1 is 0.524 bits per heavy atom. The van der Waals surface area contributed by atoms with Gasteiger partial charge in [-0.25, -0.2) is 0 Å². The second kappa shape index (κ2) is 13.0. The normalized spacial score (nSPS) is 22.5. The minimum atomic E-state index is 1.11. The minimum absolute atomic E-state index is 1.11. The highest BCUT2D eigenvalue weighted by Crippen LogP contribution is 2.35. The highest BCUT2D eigenvalue weighted by molar-refractivity contribution is 4.74. The van der Waals surface area contributed by atoms with Crippen LogP contribution in [0, 0.1) is 11.8 Å². The summed E-state index contributed by atoms with van der Waals surface area (Å²) in [6.07, 6.45) is 24.1. The van der Waals surface area contributed by atoms with Crippen LogP contribution in [0.4, 0.5) is 0 Å². The Balaban J connectivity index is 0.000000383. The summed E-state index contributed by atoms with van der Waals surface area (Å²) in [6.45, 7) is 6.51. The van der Waals surface area contributed by atoms with Crippen molar-refractivity contribution in [3.05, 3.63) is 25.7 Å². The topological polar surface area (TPSA) is 9.23 Å². The molecule has 122 valence electrons. The van der Waals surface area contributed by atoms with Crippen LogP contribution in [0.1, 0.15) is 89.9 Å². The Morgan fingerprint density at radius 2 is 0.810 bits per heavy atom. The molecule has 0 bridgehead atoms. The van der Waals surface area contributed by atoms with Crippen molar-refractivity contribution in [2.24, 2.45) is 11.8 Å². The Morgan fingerprint density at radius 3 is 1.05 bits per heavy atom. The van der Waals surface area contributed by atoms with E-state index in [4.69, 9.17) is 0 Å². The van der Waals surface area contributed by atoms with E-state index in [9.17, 15) is 0 Å². The summed E-state index contributed by atoms with van der Waals surface area (Å²) in [5, 5.41) is 0. The Bertz CT molecular complexity index is 217. The maximum absolute atomic E-state index is 4.36. The van der Waals surface area contributed by atoms with Gasteiger partial charge in [-0.3, -0.25) is 0 Å². The maximum atomic E-state index is 4.36. The lowest BCUT2D eigenvalue weighted by molar-refractivity contribution is 0.221. The van der Waals surface area contributed by atoms with E-state index in [1.54, 1.807) is 25.7 Å². The molecule has 0 aromatic carbocycles. The van der Waals surface area contributed by atoms with Gasteiger partial charge in [0.2, 0.25) is 0 Å². The predicted molar refractivity (Wildman–Crippen MR) is 93.1 cm³/mol. The van der Waals surface area contributed by atoms with Crippen LogP contribution in [0.3, 0.4) is 0 Å². The number of ether oxygens (including phenoxy) is 1. The number of hydrogen-bond acceptors (Lipinski definition) is 1. The molecule has 2 saturated carbocycles. The van der Waals surface area contributed by atoms with Gasteiger partial charge in [0.25, 0.3) is 0 Å². The molecule has 1 heteroatoms. The summed E-state index contributed by atoms with van der Waals surface area (Å²) < 4.78 is 4.36. The summed E-state index contributed by atoms with van der Waals surface area (Å²) >= 11 is 0. The summed E-state index contributed by atoms with van der Waals surface area (Å²) in [5.74, 6) is 2.22. The first-order valence-electron chi connectivity index (χ1n) is 9.25. The molecule has 0 saturated heterocycles. The monoisotopic (exact) mass is 292 g/mol. The van der Waals surface area contributed by atoms with E-state index in [0.29, 0.717) is 0 Å². The van der Waals surface area contributed by atoms with E-state index in [-0.39, 0.29) is 0 Å². The van der Waals surface area contributed by atoms with Gasteiger partial charge in [-0.05, 0) is 11.8 Å². The van der Waals surface area contributed by atoms with Gasteiger partial charge in [-0.15, -0.1) is 0 Å².